The Balaban J connectivity index is 2.23. The zero-order valence-electron chi connectivity index (χ0n) is 9.97. The van der Waals surface area contributed by atoms with Crippen LogP contribution in [0.25, 0.3) is 0 Å². The summed E-state index contributed by atoms with van der Waals surface area (Å²) < 4.78 is 25.0. The third kappa shape index (κ3) is 2.83. The first-order valence-electron chi connectivity index (χ1n) is 5.56. The molecule has 2 nitrogen and oxygen atoms in total. The maximum atomic E-state index is 12.8. The van der Waals surface area contributed by atoms with Crippen molar-refractivity contribution in [2.45, 2.75) is 17.2 Å². The van der Waals surface area contributed by atoms with E-state index in [2.05, 4.69) is 0 Å². The molecule has 0 aromatic heterocycles. The standard InChI is InChI=1S/C14H14FNOS/c1-10-2-8-13(9-3-10)18(17)14(16)11-4-6-12(15)7-5-11/h2-9,14H,16H2,1H3. The summed E-state index contributed by atoms with van der Waals surface area (Å²) in [4.78, 5) is 0.678. The lowest BCUT2D eigenvalue weighted by Crippen LogP contribution is -2.16. The maximum Gasteiger partial charge on any atom is 0.123 e. The van der Waals surface area contributed by atoms with Crippen LogP contribution in [-0.4, -0.2) is 4.21 Å². The summed E-state index contributed by atoms with van der Waals surface area (Å²) in [5.41, 5.74) is 7.70. The fourth-order valence-corrected chi connectivity index (χ4v) is 2.70. The van der Waals surface area contributed by atoms with Gasteiger partial charge in [-0.05, 0) is 36.8 Å². The van der Waals surface area contributed by atoms with Crippen LogP contribution in [0, 0.1) is 12.7 Å². The van der Waals surface area contributed by atoms with Crippen LogP contribution in [0.2, 0.25) is 0 Å². The first-order chi connectivity index (χ1) is 8.58. The summed E-state index contributed by atoms with van der Waals surface area (Å²) in [6.45, 7) is 1.96. The molecular formula is C14H14FNOS. The second kappa shape index (κ2) is 5.42. The highest BCUT2D eigenvalue weighted by Crippen LogP contribution is 2.21. The van der Waals surface area contributed by atoms with Crippen LogP contribution in [0.15, 0.2) is 53.4 Å². The molecule has 0 fully saturated rings. The molecule has 0 radical (unpaired) electrons. The topological polar surface area (TPSA) is 43.1 Å². The Bertz CT molecular complexity index is 551. The highest BCUT2D eigenvalue weighted by Gasteiger charge is 2.15. The van der Waals surface area contributed by atoms with Crippen molar-refractivity contribution in [3.8, 4) is 0 Å². The molecule has 0 aliphatic heterocycles. The van der Waals surface area contributed by atoms with Gasteiger partial charge in [0.05, 0.1) is 10.8 Å². The van der Waals surface area contributed by atoms with Gasteiger partial charge in [0.1, 0.15) is 11.2 Å². The fraction of sp³-hybridized carbons (Fsp3) is 0.143. The van der Waals surface area contributed by atoms with E-state index in [1.54, 1.807) is 24.3 Å². The van der Waals surface area contributed by atoms with Gasteiger partial charge < -0.3 is 5.73 Å². The molecule has 0 amide bonds. The predicted molar refractivity (Wildman–Crippen MR) is 70.9 cm³/mol. The molecule has 0 aliphatic rings. The molecule has 4 heteroatoms. The summed E-state index contributed by atoms with van der Waals surface area (Å²) in [5, 5.41) is -0.645. The van der Waals surface area contributed by atoms with Crippen LogP contribution in [0.4, 0.5) is 4.39 Å². The Hall–Kier alpha value is -1.52. The Morgan fingerprint density at radius 2 is 1.61 bits per heavy atom. The third-order valence-electron chi connectivity index (χ3n) is 2.68. The minimum Gasteiger partial charge on any atom is -0.313 e. The second-order valence-electron chi connectivity index (χ2n) is 4.08. The van der Waals surface area contributed by atoms with Gasteiger partial charge >= 0.3 is 0 Å². The number of nitrogens with two attached hydrogens (primary N) is 1. The molecule has 2 aromatic rings. The quantitative estimate of drug-likeness (QED) is 0.925. The highest BCUT2D eigenvalue weighted by atomic mass is 32.2. The van der Waals surface area contributed by atoms with Crippen molar-refractivity contribution in [3.63, 3.8) is 0 Å². The molecule has 0 saturated heterocycles. The molecule has 2 N–H and O–H groups in total. The zero-order chi connectivity index (χ0) is 13.1. The average Bonchev–Trinajstić information content (AvgIpc) is 2.39. The van der Waals surface area contributed by atoms with Gasteiger partial charge in [-0.3, -0.25) is 4.21 Å². The van der Waals surface area contributed by atoms with Crippen molar-refractivity contribution in [3.05, 3.63) is 65.5 Å². The van der Waals surface area contributed by atoms with Gasteiger partial charge in [-0.15, -0.1) is 0 Å². The molecule has 0 saturated carbocycles. The van der Waals surface area contributed by atoms with Crippen LogP contribution >= 0.6 is 0 Å². The molecule has 2 aromatic carbocycles. The molecule has 18 heavy (non-hydrogen) atoms. The lowest BCUT2D eigenvalue weighted by Gasteiger charge is -2.12. The van der Waals surface area contributed by atoms with E-state index in [0.29, 0.717) is 10.5 Å². The monoisotopic (exact) mass is 263 g/mol. The molecule has 2 rings (SSSR count). The van der Waals surface area contributed by atoms with Crippen molar-refractivity contribution in [2.75, 3.05) is 0 Å². The Labute approximate surface area is 108 Å². The van der Waals surface area contributed by atoms with Crippen molar-refractivity contribution >= 4 is 10.8 Å². The first-order valence-corrected chi connectivity index (χ1v) is 6.77. The van der Waals surface area contributed by atoms with E-state index in [1.807, 2.05) is 19.1 Å². The average molecular weight is 263 g/mol. The van der Waals surface area contributed by atoms with Crippen molar-refractivity contribution in [1.82, 2.24) is 0 Å². The normalized spacial score (nSPS) is 14.2. The van der Waals surface area contributed by atoms with Crippen LogP contribution < -0.4 is 5.73 Å². The fourth-order valence-electron chi connectivity index (χ4n) is 1.60. The molecule has 94 valence electrons. The van der Waals surface area contributed by atoms with E-state index >= 15 is 0 Å². The van der Waals surface area contributed by atoms with Gasteiger partial charge in [0, 0.05) is 4.90 Å². The lowest BCUT2D eigenvalue weighted by atomic mass is 10.2. The molecule has 0 spiro atoms. The summed E-state index contributed by atoms with van der Waals surface area (Å²) in [7, 11) is -1.34. The van der Waals surface area contributed by atoms with Crippen molar-refractivity contribution in [2.24, 2.45) is 5.73 Å². The number of benzene rings is 2. The number of aryl methyl sites for hydroxylation is 1. The summed E-state index contributed by atoms with van der Waals surface area (Å²) in [5.74, 6) is -0.327. The van der Waals surface area contributed by atoms with Crippen molar-refractivity contribution < 1.29 is 8.60 Å². The minimum atomic E-state index is -1.34. The van der Waals surface area contributed by atoms with E-state index < -0.39 is 16.2 Å². The molecule has 2 atom stereocenters. The minimum absolute atomic E-state index is 0.327. The number of halogens is 1. The van der Waals surface area contributed by atoms with Gasteiger partial charge in [-0.25, -0.2) is 4.39 Å². The van der Waals surface area contributed by atoms with E-state index in [4.69, 9.17) is 5.73 Å². The first kappa shape index (κ1) is 12.9. The highest BCUT2D eigenvalue weighted by molar-refractivity contribution is 7.85. The van der Waals surface area contributed by atoms with Crippen LogP contribution in [0.3, 0.4) is 0 Å². The van der Waals surface area contributed by atoms with E-state index in [0.717, 1.165) is 5.56 Å². The lowest BCUT2D eigenvalue weighted by molar-refractivity contribution is 0.626. The zero-order valence-corrected chi connectivity index (χ0v) is 10.8. The molecule has 0 bridgehead atoms. The maximum absolute atomic E-state index is 12.8. The van der Waals surface area contributed by atoms with E-state index in [-0.39, 0.29) is 5.82 Å². The summed E-state index contributed by atoms with van der Waals surface area (Å²) in [6, 6.07) is 13.2. The molecule has 0 heterocycles. The summed E-state index contributed by atoms with van der Waals surface area (Å²) >= 11 is 0. The largest absolute Gasteiger partial charge is 0.313 e. The third-order valence-corrected chi connectivity index (χ3v) is 4.15. The SMILES string of the molecule is Cc1ccc(S(=O)C(N)c2ccc(F)cc2)cc1. The van der Waals surface area contributed by atoms with Crippen LogP contribution in [0.1, 0.15) is 16.5 Å². The van der Waals surface area contributed by atoms with Crippen LogP contribution in [0.5, 0.6) is 0 Å². The van der Waals surface area contributed by atoms with Gasteiger partial charge in [-0.2, -0.15) is 0 Å². The molecule has 2 unspecified atom stereocenters. The Kier molecular flexibility index (Phi) is 3.89. The van der Waals surface area contributed by atoms with Gasteiger partial charge in [0.2, 0.25) is 0 Å². The Morgan fingerprint density at radius 3 is 2.17 bits per heavy atom. The number of hydrogen-bond donors (Lipinski definition) is 1. The second-order valence-corrected chi connectivity index (χ2v) is 5.66. The van der Waals surface area contributed by atoms with Crippen molar-refractivity contribution in [1.29, 1.82) is 0 Å². The van der Waals surface area contributed by atoms with Gasteiger partial charge in [-0.1, -0.05) is 29.8 Å². The number of hydrogen-bond acceptors (Lipinski definition) is 2. The molecule has 0 aliphatic carbocycles. The predicted octanol–water partition coefficient (Wildman–Crippen LogP) is 2.90. The smallest absolute Gasteiger partial charge is 0.123 e. The van der Waals surface area contributed by atoms with Gasteiger partial charge in [0.25, 0.3) is 0 Å². The van der Waals surface area contributed by atoms with E-state index in [1.165, 1.54) is 12.1 Å². The van der Waals surface area contributed by atoms with Crippen LogP contribution in [-0.2, 0) is 10.8 Å². The number of rotatable bonds is 3. The van der Waals surface area contributed by atoms with Gasteiger partial charge in [0.15, 0.2) is 0 Å². The van der Waals surface area contributed by atoms with E-state index in [9.17, 15) is 8.60 Å². The summed E-state index contributed by atoms with van der Waals surface area (Å²) in [6.07, 6.45) is 0. The Morgan fingerprint density at radius 1 is 1.06 bits per heavy atom. The molecular weight excluding hydrogens is 249 g/mol.